The number of hydrogen-bond donors (Lipinski definition) is 0. The van der Waals surface area contributed by atoms with Crippen LogP contribution in [-0.2, 0) is 14.3 Å². The fourth-order valence-electron chi connectivity index (χ4n) is 5.31. The van der Waals surface area contributed by atoms with Crippen LogP contribution in [0.5, 0.6) is 0 Å². The van der Waals surface area contributed by atoms with Crippen molar-refractivity contribution in [3.05, 3.63) is 46.3 Å². The van der Waals surface area contributed by atoms with Gasteiger partial charge in [-0.2, -0.15) is 0 Å². The maximum Gasteiger partial charge on any atom is 0.351 e. The van der Waals surface area contributed by atoms with E-state index in [0.29, 0.717) is 23.8 Å². The molecule has 6 nitrogen and oxygen atoms in total. The summed E-state index contributed by atoms with van der Waals surface area (Å²) in [6.45, 7) is 6.12. The lowest BCUT2D eigenvalue weighted by atomic mass is 9.65. The molecule has 2 aliphatic rings. The van der Waals surface area contributed by atoms with Crippen LogP contribution in [0.1, 0.15) is 50.4 Å². The number of ether oxygens (including phenoxy) is 2. The zero-order valence-corrected chi connectivity index (χ0v) is 16.5. The standard InChI is InChI=1S/C22H24O6/c1-20(2)21(3)9-10-22(20,19(25)26-4)12-16(21)28-18(24)14-11-13-7-5-6-8-15(13)27-17(14)23/h5-8,11,16H,9-10,12H2,1-4H3/t16-,21+,22+/m0/s1. The molecular weight excluding hydrogens is 360 g/mol. The van der Waals surface area contributed by atoms with E-state index in [9.17, 15) is 14.4 Å². The second-order valence-corrected chi connectivity index (χ2v) is 8.70. The first-order chi connectivity index (χ1) is 13.2. The van der Waals surface area contributed by atoms with E-state index < -0.39 is 28.5 Å². The van der Waals surface area contributed by atoms with Gasteiger partial charge in [-0.3, -0.25) is 4.79 Å². The number of carbonyl (C=O) groups excluding carboxylic acids is 2. The Balaban J connectivity index is 1.67. The van der Waals surface area contributed by atoms with Gasteiger partial charge in [0.05, 0.1) is 12.5 Å². The molecular formula is C22H24O6. The van der Waals surface area contributed by atoms with Gasteiger partial charge >= 0.3 is 17.6 Å². The van der Waals surface area contributed by atoms with E-state index in [1.807, 2.05) is 20.8 Å². The van der Waals surface area contributed by atoms with Crippen molar-refractivity contribution < 1.29 is 23.5 Å². The molecule has 28 heavy (non-hydrogen) atoms. The zero-order chi connectivity index (χ0) is 20.3. The lowest BCUT2D eigenvalue weighted by Crippen LogP contribution is -2.41. The predicted octanol–water partition coefficient (Wildman–Crippen LogP) is 3.71. The van der Waals surface area contributed by atoms with Crippen LogP contribution < -0.4 is 5.63 Å². The van der Waals surface area contributed by atoms with E-state index in [2.05, 4.69) is 0 Å². The molecule has 1 heterocycles. The van der Waals surface area contributed by atoms with Crippen molar-refractivity contribution in [1.29, 1.82) is 0 Å². The van der Waals surface area contributed by atoms with Crippen LogP contribution in [0, 0.1) is 16.2 Å². The van der Waals surface area contributed by atoms with E-state index in [4.69, 9.17) is 13.9 Å². The molecule has 6 heteroatoms. The van der Waals surface area contributed by atoms with Crippen LogP contribution in [0.25, 0.3) is 11.0 Å². The number of esters is 2. The van der Waals surface area contributed by atoms with E-state index in [1.165, 1.54) is 13.2 Å². The number of rotatable bonds is 3. The van der Waals surface area contributed by atoms with Crippen LogP contribution in [0.4, 0.5) is 0 Å². The first-order valence-electron chi connectivity index (χ1n) is 9.49. The third-order valence-electron chi connectivity index (χ3n) is 7.63. The monoisotopic (exact) mass is 384 g/mol. The summed E-state index contributed by atoms with van der Waals surface area (Å²) in [6.07, 6.45) is 1.37. The zero-order valence-electron chi connectivity index (χ0n) is 16.5. The minimum atomic E-state index is -0.723. The fraction of sp³-hybridized carbons (Fsp3) is 0.500. The van der Waals surface area contributed by atoms with Gasteiger partial charge in [0, 0.05) is 17.2 Å². The summed E-state index contributed by atoms with van der Waals surface area (Å²) in [4.78, 5) is 37.8. The van der Waals surface area contributed by atoms with E-state index in [0.717, 1.165) is 6.42 Å². The molecule has 2 aromatic rings. The molecule has 0 unspecified atom stereocenters. The maximum absolute atomic E-state index is 12.8. The van der Waals surface area contributed by atoms with Crippen LogP contribution in [0.15, 0.2) is 39.5 Å². The Hall–Kier alpha value is -2.63. The van der Waals surface area contributed by atoms with Gasteiger partial charge in [-0.05, 0) is 30.4 Å². The highest BCUT2D eigenvalue weighted by molar-refractivity contribution is 5.93. The first kappa shape index (κ1) is 18.7. The van der Waals surface area contributed by atoms with Crippen LogP contribution in [0.3, 0.4) is 0 Å². The molecule has 0 spiro atoms. The molecule has 0 N–H and O–H groups in total. The number of carbonyl (C=O) groups is 2. The SMILES string of the molecule is COC(=O)[C@@]12CC[C@](C)([C@@H](OC(=O)c3cc4ccccc4oc3=O)C1)C2(C)C. The summed E-state index contributed by atoms with van der Waals surface area (Å²) < 4.78 is 16.2. The minimum Gasteiger partial charge on any atom is -0.469 e. The summed E-state index contributed by atoms with van der Waals surface area (Å²) in [7, 11) is 1.39. The first-order valence-corrected chi connectivity index (χ1v) is 9.49. The Labute approximate surface area is 162 Å². The molecule has 3 atom stereocenters. The lowest BCUT2D eigenvalue weighted by Gasteiger charge is -2.39. The second kappa shape index (κ2) is 5.93. The normalized spacial score (nSPS) is 30.4. The van der Waals surface area contributed by atoms with Gasteiger partial charge in [0.15, 0.2) is 0 Å². The number of hydrogen-bond acceptors (Lipinski definition) is 6. The molecule has 1 aromatic heterocycles. The Kier molecular flexibility index (Phi) is 3.97. The van der Waals surface area contributed by atoms with Crippen molar-refractivity contribution in [1.82, 2.24) is 0 Å². The third-order valence-corrected chi connectivity index (χ3v) is 7.63. The van der Waals surface area contributed by atoms with Crippen molar-refractivity contribution in [3.8, 4) is 0 Å². The summed E-state index contributed by atoms with van der Waals surface area (Å²) in [5, 5.41) is 0.652. The van der Waals surface area contributed by atoms with E-state index in [1.54, 1.807) is 24.3 Å². The topological polar surface area (TPSA) is 82.8 Å². The lowest BCUT2D eigenvalue weighted by molar-refractivity contribution is -0.158. The van der Waals surface area contributed by atoms with Crippen LogP contribution in [0.2, 0.25) is 0 Å². The van der Waals surface area contributed by atoms with Gasteiger partial charge < -0.3 is 13.9 Å². The fourth-order valence-corrected chi connectivity index (χ4v) is 5.31. The second-order valence-electron chi connectivity index (χ2n) is 8.70. The summed E-state index contributed by atoms with van der Waals surface area (Å²) in [5.41, 5.74) is -1.90. The summed E-state index contributed by atoms with van der Waals surface area (Å²) >= 11 is 0. The molecule has 0 aliphatic heterocycles. The Morgan fingerprint density at radius 2 is 1.86 bits per heavy atom. The highest BCUT2D eigenvalue weighted by Crippen LogP contribution is 2.73. The van der Waals surface area contributed by atoms with Gasteiger partial charge in [0.2, 0.25) is 0 Å². The molecule has 4 rings (SSSR count). The largest absolute Gasteiger partial charge is 0.469 e. The van der Waals surface area contributed by atoms with Gasteiger partial charge in [-0.15, -0.1) is 0 Å². The van der Waals surface area contributed by atoms with Crippen molar-refractivity contribution in [2.24, 2.45) is 16.2 Å². The Bertz CT molecular complexity index is 1030. The molecule has 2 aliphatic carbocycles. The third kappa shape index (κ3) is 2.23. The van der Waals surface area contributed by atoms with Gasteiger partial charge in [0.1, 0.15) is 17.3 Å². The molecule has 0 saturated heterocycles. The highest BCUT2D eigenvalue weighted by Gasteiger charge is 2.74. The van der Waals surface area contributed by atoms with E-state index in [-0.39, 0.29) is 16.9 Å². The summed E-state index contributed by atoms with van der Waals surface area (Å²) in [5.74, 6) is -0.973. The molecule has 2 bridgehead atoms. The number of fused-ring (bicyclic) bond motifs is 3. The van der Waals surface area contributed by atoms with Gasteiger partial charge in [-0.25, -0.2) is 9.59 Å². The van der Waals surface area contributed by atoms with Crippen molar-refractivity contribution in [3.63, 3.8) is 0 Å². The van der Waals surface area contributed by atoms with Crippen LogP contribution >= 0.6 is 0 Å². The van der Waals surface area contributed by atoms with Crippen molar-refractivity contribution >= 4 is 22.9 Å². The Morgan fingerprint density at radius 3 is 2.57 bits per heavy atom. The molecule has 0 amide bonds. The quantitative estimate of drug-likeness (QED) is 0.593. The van der Waals surface area contributed by atoms with Gasteiger partial charge in [0.25, 0.3) is 0 Å². The number of para-hydroxylation sites is 1. The van der Waals surface area contributed by atoms with Crippen molar-refractivity contribution in [2.45, 2.75) is 46.1 Å². The average molecular weight is 384 g/mol. The number of benzene rings is 1. The van der Waals surface area contributed by atoms with E-state index >= 15 is 0 Å². The summed E-state index contributed by atoms with van der Waals surface area (Å²) in [6, 6.07) is 8.50. The molecule has 0 radical (unpaired) electrons. The molecule has 1 aromatic carbocycles. The van der Waals surface area contributed by atoms with Crippen LogP contribution in [-0.4, -0.2) is 25.2 Å². The number of methoxy groups -OCH3 is 1. The predicted molar refractivity (Wildman–Crippen MR) is 102 cm³/mol. The molecule has 2 fully saturated rings. The smallest absolute Gasteiger partial charge is 0.351 e. The average Bonchev–Trinajstić information content (AvgIpc) is 2.97. The minimum absolute atomic E-state index is 0.130. The highest BCUT2D eigenvalue weighted by atomic mass is 16.5. The van der Waals surface area contributed by atoms with Gasteiger partial charge in [-0.1, -0.05) is 39.0 Å². The molecule has 2 saturated carbocycles. The maximum atomic E-state index is 12.8. The van der Waals surface area contributed by atoms with Crippen molar-refractivity contribution in [2.75, 3.05) is 7.11 Å². The molecule has 148 valence electrons. The Morgan fingerprint density at radius 1 is 1.14 bits per heavy atom.